The van der Waals surface area contributed by atoms with E-state index in [0.29, 0.717) is 17.9 Å². The van der Waals surface area contributed by atoms with Crippen LogP contribution in [0.2, 0.25) is 0 Å². The second-order valence-corrected chi connectivity index (χ2v) is 5.74. The summed E-state index contributed by atoms with van der Waals surface area (Å²) in [6.45, 7) is 5.57. The number of nitrogens with two attached hydrogens (primary N) is 1. The molecule has 0 radical (unpaired) electrons. The van der Waals surface area contributed by atoms with Crippen molar-refractivity contribution in [3.05, 3.63) is 18.2 Å². The second kappa shape index (κ2) is 5.61. The first kappa shape index (κ1) is 13.1. The molecular formula is C14H23N3O2. The fraction of sp³-hybridized carbons (Fsp3) is 0.786. The molecule has 4 unspecified atom stereocenters. The van der Waals surface area contributed by atoms with Crippen molar-refractivity contribution >= 4 is 0 Å². The first-order valence-electron chi connectivity index (χ1n) is 7.20. The summed E-state index contributed by atoms with van der Waals surface area (Å²) >= 11 is 0. The third kappa shape index (κ3) is 2.55. The van der Waals surface area contributed by atoms with Gasteiger partial charge >= 0.3 is 0 Å². The van der Waals surface area contributed by atoms with Gasteiger partial charge in [-0.1, -0.05) is 0 Å². The van der Waals surface area contributed by atoms with Crippen molar-refractivity contribution in [2.45, 2.75) is 31.8 Å². The molecule has 2 aliphatic rings. The Labute approximate surface area is 114 Å². The fourth-order valence-electron chi connectivity index (χ4n) is 3.15. The van der Waals surface area contributed by atoms with Gasteiger partial charge in [-0.05, 0) is 19.8 Å². The first-order valence-corrected chi connectivity index (χ1v) is 7.20. The van der Waals surface area contributed by atoms with Crippen LogP contribution < -0.4 is 5.73 Å². The molecule has 0 aliphatic carbocycles. The maximum atomic E-state index is 6.41. The van der Waals surface area contributed by atoms with Crippen LogP contribution in [-0.4, -0.2) is 36.0 Å². The predicted molar refractivity (Wildman–Crippen MR) is 71.7 cm³/mol. The predicted octanol–water partition coefficient (Wildman–Crippen LogP) is 1.52. The molecule has 1 aromatic heterocycles. The number of hydrogen-bond acceptors (Lipinski definition) is 4. The summed E-state index contributed by atoms with van der Waals surface area (Å²) in [6.07, 6.45) is 6.00. The van der Waals surface area contributed by atoms with Crippen LogP contribution in [0.4, 0.5) is 0 Å². The summed E-state index contributed by atoms with van der Waals surface area (Å²) in [6, 6.07) is 0.420. The van der Waals surface area contributed by atoms with Crippen LogP contribution in [0, 0.1) is 11.8 Å². The summed E-state index contributed by atoms with van der Waals surface area (Å²) in [7, 11) is 0. The normalized spacial score (nSPS) is 30.6. The molecule has 5 heteroatoms. The Bertz CT molecular complexity index is 372. The highest BCUT2D eigenvalue weighted by Crippen LogP contribution is 2.32. The van der Waals surface area contributed by atoms with E-state index in [9.17, 15) is 0 Å². The molecule has 0 spiro atoms. The highest BCUT2D eigenvalue weighted by Gasteiger charge is 2.30. The minimum Gasteiger partial charge on any atom is -0.381 e. The SMILES string of the molecule is CC(C1CCOC1)n1cncc1C(N)C1CCOC1. The van der Waals surface area contributed by atoms with Crippen molar-refractivity contribution in [1.82, 2.24) is 9.55 Å². The van der Waals surface area contributed by atoms with Gasteiger partial charge in [0.1, 0.15) is 0 Å². The van der Waals surface area contributed by atoms with Gasteiger partial charge in [0, 0.05) is 37.3 Å². The van der Waals surface area contributed by atoms with Gasteiger partial charge < -0.3 is 19.8 Å². The lowest BCUT2D eigenvalue weighted by atomic mass is 9.95. The molecule has 1 aromatic rings. The third-order valence-corrected chi connectivity index (χ3v) is 4.60. The van der Waals surface area contributed by atoms with Crippen molar-refractivity contribution in [2.24, 2.45) is 17.6 Å². The molecule has 5 nitrogen and oxygen atoms in total. The summed E-state index contributed by atoms with van der Waals surface area (Å²) < 4.78 is 13.2. The summed E-state index contributed by atoms with van der Waals surface area (Å²) in [5.74, 6) is 0.988. The van der Waals surface area contributed by atoms with Crippen molar-refractivity contribution in [3.8, 4) is 0 Å². The lowest BCUT2D eigenvalue weighted by Gasteiger charge is -2.25. The van der Waals surface area contributed by atoms with Crippen LogP contribution in [0.3, 0.4) is 0 Å². The molecule has 2 aliphatic heterocycles. The Kier molecular flexibility index (Phi) is 3.86. The largest absolute Gasteiger partial charge is 0.381 e. The summed E-state index contributed by atoms with van der Waals surface area (Å²) in [5.41, 5.74) is 7.54. The van der Waals surface area contributed by atoms with E-state index in [2.05, 4.69) is 16.5 Å². The fourth-order valence-corrected chi connectivity index (χ4v) is 3.15. The van der Waals surface area contributed by atoms with E-state index >= 15 is 0 Å². The Balaban J connectivity index is 1.76. The van der Waals surface area contributed by atoms with E-state index in [0.717, 1.165) is 45.0 Å². The third-order valence-electron chi connectivity index (χ3n) is 4.60. The number of imidazole rings is 1. The molecule has 4 atom stereocenters. The maximum absolute atomic E-state index is 6.41. The van der Waals surface area contributed by atoms with Gasteiger partial charge in [-0.25, -0.2) is 4.98 Å². The molecule has 0 bridgehead atoms. The van der Waals surface area contributed by atoms with E-state index in [4.69, 9.17) is 15.2 Å². The maximum Gasteiger partial charge on any atom is 0.0951 e. The molecule has 19 heavy (non-hydrogen) atoms. The Hall–Kier alpha value is -0.910. The van der Waals surface area contributed by atoms with Crippen LogP contribution in [0.5, 0.6) is 0 Å². The van der Waals surface area contributed by atoms with E-state index in [1.165, 1.54) is 0 Å². The average Bonchev–Trinajstić information content (AvgIpc) is 3.16. The van der Waals surface area contributed by atoms with Gasteiger partial charge in [-0.15, -0.1) is 0 Å². The first-order chi connectivity index (χ1) is 9.27. The summed E-state index contributed by atoms with van der Waals surface area (Å²) in [5, 5.41) is 0. The number of nitrogens with zero attached hydrogens (tertiary/aromatic N) is 2. The van der Waals surface area contributed by atoms with Crippen LogP contribution in [-0.2, 0) is 9.47 Å². The smallest absolute Gasteiger partial charge is 0.0951 e. The topological polar surface area (TPSA) is 62.3 Å². The van der Waals surface area contributed by atoms with Gasteiger partial charge in [-0.2, -0.15) is 0 Å². The average molecular weight is 265 g/mol. The molecule has 2 fully saturated rings. The van der Waals surface area contributed by atoms with E-state index in [1.807, 2.05) is 12.5 Å². The molecule has 2 saturated heterocycles. The van der Waals surface area contributed by atoms with Gasteiger partial charge in [-0.3, -0.25) is 0 Å². The van der Waals surface area contributed by atoms with Crippen molar-refractivity contribution in [2.75, 3.05) is 26.4 Å². The molecule has 2 N–H and O–H groups in total. The molecule has 106 valence electrons. The van der Waals surface area contributed by atoms with Crippen molar-refractivity contribution in [1.29, 1.82) is 0 Å². The lowest BCUT2D eigenvalue weighted by Crippen LogP contribution is -2.27. The van der Waals surface area contributed by atoms with Gasteiger partial charge in [0.15, 0.2) is 0 Å². The highest BCUT2D eigenvalue weighted by atomic mass is 16.5. The van der Waals surface area contributed by atoms with Crippen molar-refractivity contribution in [3.63, 3.8) is 0 Å². The molecule has 0 saturated carbocycles. The molecule has 3 rings (SSSR count). The number of rotatable bonds is 4. The Morgan fingerprint density at radius 3 is 2.58 bits per heavy atom. The quantitative estimate of drug-likeness (QED) is 0.896. The van der Waals surface area contributed by atoms with E-state index in [-0.39, 0.29) is 6.04 Å². The lowest BCUT2D eigenvalue weighted by molar-refractivity contribution is 0.172. The van der Waals surface area contributed by atoms with E-state index in [1.54, 1.807) is 0 Å². The standard InChI is InChI=1S/C14H23N3O2/c1-10(11-2-4-18-7-11)17-9-16-6-13(17)14(15)12-3-5-19-8-12/h6,9-12,14H,2-5,7-8,15H2,1H3. The second-order valence-electron chi connectivity index (χ2n) is 5.74. The zero-order valence-electron chi connectivity index (χ0n) is 11.5. The minimum absolute atomic E-state index is 0.0229. The van der Waals surface area contributed by atoms with Crippen LogP contribution in [0.1, 0.15) is 37.5 Å². The number of ether oxygens (including phenoxy) is 2. The molecule has 0 amide bonds. The zero-order chi connectivity index (χ0) is 13.2. The Morgan fingerprint density at radius 1 is 1.26 bits per heavy atom. The highest BCUT2D eigenvalue weighted by molar-refractivity contribution is 5.08. The molecule has 0 aromatic carbocycles. The van der Waals surface area contributed by atoms with Crippen LogP contribution >= 0.6 is 0 Å². The zero-order valence-corrected chi connectivity index (χ0v) is 11.5. The van der Waals surface area contributed by atoms with E-state index < -0.39 is 0 Å². The molecule has 3 heterocycles. The van der Waals surface area contributed by atoms with Crippen LogP contribution in [0.25, 0.3) is 0 Å². The molecular weight excluding hydrogens is 242 g/mol. The van der Waals surface area contributed by atoms with Crippen LogP contribution in [0.15, 0.2) is 12.5 Å². The van der Waals surface area contributed by atoms with Gasteiger partial charge in [0.05, 0.1) is 31.3 Å². The Morgan fingerprint density at radius 2 is 1.95 bits per heavy atom. The van der Waals surface area contributed by atoms with Gasteiger partial charge in [0.2, 0.25) is 0 Å². The summed E-state index contributed by atoms with van der Waals surface area (Å²) in [4.78, 5) is 4.31. The number of aromatic nitrogens is 2. The minimum atomic E-state index is 0.0229. The monoisotopic (exact) mass is 265 g/mol. The number of hydrogen-bond donors (Lipinski definition) is 1. The van der Waals surface area contributed by atoms with Crippen molar-refractivity contribution < 1.29 is 9.47 Å². The van der Waals surface area contributed by atoms with Gasteiger partial charge in [0.25, 0.3) is 0 Å².